The Hall–Kier alpha value is -0.240. The Morgan fingerprint density at radius 3 is 1.06 bits per heavy atom. The molecule has 0 amide bonds. The van der Waals surface area contributed by atoms with Gasteiger partial charge >= 0.3 is 0 Å². The Kier molecular flexibility index (Phi) is 11.1. The minimum absolute atomic E-state index is 0.123. The van der Waals surface area contributed by atoms with E-state index in [1.165, 1.54) is 12.8 Å². The van der Waals surface area contributed by atoms with Crippen LogP contribution >= 0.6 is 0 Å². The summed E-state index contributed by atoms with van der Waals surface area (Å²) in [4.78, 5) is 0. The first-order chi connectivity index (χ1) is 16.1. The van der Waals surface area contributed by atoms with Crippen molar-refractivity contribution in [1.29, 1.82) is 0 Å². The molecule has 1 saturated heterocycles. The molecule has 34 heavy (non-hydrogen) atoms. The highest BCUT2D eigenvalue weighted by atomic mass is 16.6. The lowest BCUT2D eigenvalue weighted by molar-refractivity contribution is -0.142. The first kappa shape index (κ1) is 28.3. The molecule has 6 unspecified atom stereocenters. The highest BCUT2D eigenvalue weighted by Gasteiger charge is 2.38. The maximum absolute atomic E-state index is 6.30. The molecule has 1 aliphatic heterocycles. The van der Waals surface area contributed by atoms with Crippen LogP contribution in [0.5, 0.6) is 0 Å². The van der Waals surface area contributed by atoms with Gasteiger partial charge in [-0.3, -0.25) is 0 Å². The summed E-state index contributed by atoms with van der Waals surface area (Å²) in [6.07, 6.45) is 7.08. The van der Waals surface area contributed by atoms with Gasteiger partial charge in [0.2, 0.25) is 0 Å². The van der Waals surface area contributed by atoms with E-state index in [0.717, 1.165) is 25.7 Å². The van der Waals surface area contributed by atoms with E-state index in [4.69, 9.17) is 28.4 Å². The minimum Gasteiger partial charge on any atom is -0.377 e. The third-order valence-electron chi connectivity index (χ3n) is 8.15. The summed E-state index contributed by atoms with van der Waals surface area (Å²) >= 11 is 0. The molecule has 6 heteroatoms. The van der Waals surface area contributed by atoms with Crippen LogP contribution in [0.3, 0.4) is 0 Å². The van der Waals surface area contributed by atoms with E-state index in [9.17, 15) is 0 Å². The fourth-order valence-electron chi connectivity index (χ4n) is 5.75. The Morgan fingerprint density at radius 2 is 0.735 bits per heavy atom. The van der Waals surface area contributed by atoms with Gasteiger partial charge < -0.3 is 28.4 Å². The largest absolute Gasteiger partial charge is 0.377 e. The second kappa shape index (κ2) is 13.3. The number of ether oxygens (including phenoxy) is 6. The summed E-state index contributed by atoms with van der Waals surface area (Å²) in [5.74, 6) is 1.30. The smallest absolute Gasteiger partial charge is 0.0840 e. The molecule has 0 N–H and O–H groups in total. The van der Waals surface area contributed by atoms with E-state index >= 15 is 0 Å². The number of hydrogen-bond acceptors (Lipinski definition) is 6. The lowest BCUT2D eigenvalue weighted by Gasteiger charge is -2.41. The van der Waals surface area contributed by atoms with Crippen LogP contribution in [0.25, 0.3) is 0 Å². The van der Waals surface area contributed by atoms with Crippen molar-refractivity contribution in [3.8, 4) is 0 Å². The van der Waals surface area contributed by atoms with Crippen LogP contribution in [0.2, 0.25) is 0 Å². The SMILES string of the molecule is CC(C)(C)C1CCC2OCCOCCOC3CCC(C(C)(C)C)CC3OCCOCCOC2C1. The Balaban J connectivity index is 1.52. The monoisotopic (exact) mass is 484 g/mol. The van der Waals surface area contributed by atoms with Crippen LogP contribution in [0.15, 0.2) is 0 Å². The van der Waals surface area contributed by atoms with Crippen molar-refractivity contribution in [3.63, 3.8) is 0 Å². The number of rotatable bonds is 0. The molecule has 3 fully saturated rings. The summed E-state index contributed by atoms with van der Waals surface area (Å²) in [6, 6.07) is 0. The lowest BCUT2D eigenvalue weighted by atomic mass is 9.71. The molecule has 200 valence electrons. The zero-order valence-electron chi connectivity index (χ0n) is 22.8. The van der Waals surface area contributed by atoms with Crippen LogP contribution in [0.4, 0.5) is 0 Å². The fourth-order valence-corrected chi connectivity index (χ4v) is 5.75. The molecule has 0 spiro atoms. The molecule has 3 aliphatic rings. The van der Waals surface area contributed by atoms with Crippen LogP contribution in [-0.4, -0.2) is 77.3 Å². The number of fused-ring (bicyclic) bond motifs is 2. The van der Waals surface area contributed by atoms with Gasteiger partial charge in [0.25, 0.3) is 0 Å². The van der Waals surface area contributed by atoms with Gasteiger partial charge in [0, 0.05) is 0 Å². The van der Waals surface area contributed by atoms with Gasteiger partial charge in [-0.15, -0.1) is 0 Å². The predicted octanol–water partition coefficient (Wildman–Crippen LogP) is 5.27. The second-order valence-electron chi connectivity index (χ2n) is 12.6. The summed E-state index contributed by atoms with van der Waals surface area (Å²) < 4.78 is 36.8. The molecule has 3 rings (SSSR count). The van der Waals surface area contributed by atoms with Crippen molar-refractivity contribution < 1.29 is 28.4 Å². The van der Waals surface area contributed by atoms with Crippen molar-refractivity contribution in [2.45, 2.75) is 104 Å². The lowest BCUT2D eigenvalue weighted by Crippen LogP contribution is -2.43. The maximum atomic E-state index is 6.30. The van der Waals surface area contributed by atoms with Crippen molar-refractivity contribution >= 4 is 0 Å². The van der Waals surface area contributed by atoms with Gasteiger partial charge in [-0.25, -0.2) is 0 Å². The van der Waals surface area contributed by atoms with Crippen LogP contribution in [-0.2, 0) is 28.4 Å². The van der Waals surface area contributed by atoms with Gasteiger partial charge in [-0.1, -0.05) is 41.5 Å². The zero-order valence-corrected chi connectivity index (χ0v) is 22.8. The normalized spacial score (nSPS) is 36.5. The Morgan fingerprint density at radius 1 is 0.412 bits per heavy atom. The van der Waals surface area contributed by atoms with Crippen LogP contribution in [0, 0.1) is 22.7 Å². The van der Waals surface area contributed by atoms with Gasteiger partial charge in [0.1, 0.15) is 0 Å². The van der Waals surface area contributed by atoms with E-state index in [0.29, 0.717) is 75.5 Å². The quantitative estimate of drug-likeness (QED) is 0.467. The van der Waals surface area contributed by atoms with E-state index in [1.807, 2.05) is 0 Å². The summed E-state index contributed by atoms with van der Waals surface area (Å²) in [5, 5.41) is 0. The standard InChI is InChI=1S/C28H52O6/c1-27(2,3)21-7-9-23-25(19-21)33-17-13-30-14-18-34-26-20-22(28(4,5)6)8-10-24(26)32-16-12-29-11-15-31-23/h21-26H,7-20H2,1-6H3. The zero-order chi connectivity index (χ0) is 24.6. The minimum atomic E-state index is 0.123. The molecule has 0 aromatic carbocycles. The third-order valence-corrected chi connectivity index (χ3v) is 8.15. The second-order valence-corrected chi connectivity index (χ2v) is 12.6. The maximum Gasteiger partial charge on any atom is 0.0840 e. The van der Waals surface area contributed by atoms with E-state index < -0.39 is 0 Å². The molecule has 6 nitrogen and oxygen atoms in total. The molecule has 0 aromatic rings. The van der Waals surface area contributed by atoms with Gasteiger partial charge in [-0.05, 0) is 61.2 Å². The van der Waals surface area contributed by atoms with E-state index in [-0.39, 0.29) is 24.4 Å². The molecule has 2 aliphatic carbocycles. The average molecular weight is 485 g/mol. The molecule has 0 aromatic heterocycles. The summed E-state index contributed by atoms with van der Waals surface area (Å²) in [5.41, 5.74) is 0.584. The molecule has 2 saturated carbocycles. The molecule has 1 heterocycles. The molecular formula is C28H52O6. The van der Waals surface area contributed by atoms with Gasteiger partial charge in [-0.2, -0.15) is 0 Å². The molecule has 0 radical (unpaired) electrons. The molecular weight excluding hydrogens is 432 g/mol. The topological polar surface area (TPSA) is 55.4 Å². The van der Waals surface area contributed by atoms with E-state index in [2.05, 4.69) is 41.5 Å². The molecule has 0 bridgehead atoms. The highest BCUT2D eigenvalue weighted by Crippen LogP contribution is 2.41. The molecule has 6 atom stereocenters. The summed E-state index contributed by atoms with van der Waals surface area (Å²) in [6.45, 7) is 18.8. The van der Waals surface area contributed by atoms with Crippen molar-refractivity contribution in [2.75, 3.05) is 52.9 Å². The van der Waals surface area contributed by atoms with E-state index in [1.54, 1.807) is 0 Å². The average Bonchev–Trinajstić information content (AvgIpc) is 2.77. The van der Waals surface area contributed by atoms with Crippen LogP contribution in [0.1, 0.15) is 80.1 Å². The summed E-state index contributed by atoms with van der Waals surface area (Å²) in [7, 11) is 0. The number of hydrogen-bond donors (Lipinski definition) is 0. The highest BCUT2D eigenvalue weighted by molar-refractivity contribution is 4.88. The first-order valence-corrected chi connectivity index (χ1v) is 13.8. The van der Waals surface area contributed by atoms with Gasteiger partial charge in [0.05, 0.1) is 77.3 Å². The Bertz CT molecular complexity index is 520. The van der Waals surface area contributed by atoms with Crippen LogP contribution < -0.4 is 0 Å². The van der Waals surface area contributed by atoms with Gasteiger partial charge in [0.15, 0.2) is 0 Å². The van der Waals surface area contributed by atoms with Crippen molar-refractivity contribution in [2.24, 2.45) is 22.7 Å². The fraction of sp³-hybridized carbons (Fsp3) is 1.00. The first-order valence-electron chi connectivity index (χ1n) is 13.8. The van der Waals surface area contributed by atoms with Crippen molar-refractivity contribution in [1.82, 2.24) is 0 Å². The third kappa shape index (κ3) is 9.01. The predicted molar refractivity (Wildman–Crippen MR) is 134 cm³/mol. The Labute approximate surface area is 208 Å². The van der Waals surface area contributed by atoms with Crippen molar-refractivity contribution in [3.05, 3.63) is 0 Å².